The highest BCUT2D eigenvalue weighted by Gasteiger charge is 2.07. The van der Waals surface area contributed by atoms with Crippen LogP contribution in [0.3, 0.4) is 0 Å². The van der Waals surface area contributed by atoms with Crippen molar-refractivity contribution in [1.29, 1.82) is 0 Å². The van der Waals surface area contributed by atoms with E-state index in [0.29, 0.717) is 6.54 Å². The van der Waals surface area contributed by atoms with Crippen LogP contribution in [0, 0.1) is 0 Å². The number of nitrogens with zero attached hydrogens (tertiary/aromatic N) is 1. The summed E-state index contributed by atoms with van der Waals surface area (Å²) in [7, 11) is 1.64. The Hall–Kier alpha value is -1.32. The van der Waals surface area contributed by atoms with Crippen LogP contribution >= 0.6 is 11.6 Å². The van der Waals surface area contributed by atoms with Crippen molar-refractivity contribution in [3.8, 4) is 5.75 Å². The largest absolute Gasteiger partial charge is 0.497 e. The summed E-state index contributed by atoms with van der Waals surface area (Å²) in [5.41, 5.74) is 7.42. The summed E-state index contributed by atoms with van der Waals surface area (Å²) in [6, 6.07) is 5.70. The summed E-state index contributed by atoms with van der Waals surface area (Å²) in [4.78, 5) is 4.39. The minimum atomic E-state index is 0.659. The van der Waals surface area contributed by atoms with Crippen LogP contribution in [0.2, 0.25) is 5.02 Å². The molecule has 0 radical (unpaired) electrons. The number of pyridine rings is 1. The second-order valence-electron chi connectivity index (χ2n) is 3.87. The predicted molar refractivity (Wildman–Crippen MR) is 70.7 cm³/mol. The van der Waals surface area contributed by atoms with Gasteiger partial charge in [0.2, 0.25) is 0 Å². The predicted octanol–water partition coefficient (Wildman–Crippen LogP) is 2.79. The third-order valence-corrected chi connectivity index (χ3v) is 3.18. The van der Waals surface area contributed by atoms with Gasteiger partial charge >= 0.3 is 0 Å². The number of halogens is 1. The lowest BCUT2D eigenvalue weighted by molar-refractivity contribution is 0.415. The molecule has 0 aliphatic heterocycles. The second-order valence-corrected chi connectivity index (χ2v) is 4.25. The van der Waals surface area contributed by atoms with Gasteiger partial charge in [0.15, 0.2) is 0 Å². The van der Waals surface area contributed by atoms with Crippen molar-refractivity contribution < 1.29 is 4.74 Å². The van der Waals surface area contributed by atoms with Gasteiger partial charge in [0.1, 0.15) is 5.75 Å². The summed E-state index contributed by atoms with van der Waals surface area (Å²) < 4.78 is 5.19. The fraction of sp³-hybridized carbons (Fsp3) is 0.308. The topological polar surface area (TPSA) is 48.1 Å². The van der Waals surface area contributed by atoms with E-state index >= 15 is 0 Å². The van der Waals surface area contributed by atoms with Gasteiger partial charge in [0, 0.05) is 11.6 Å². The van der Waals surface area contributed by atoms with Gasteiger partial charge < -0.3 is 10.5 Å². The zero-order chi connectivity index (χ0) is 12.3. The molecule has 2 aromatic rings. The van der Waals surface area contributed by atoms with E-state index in [9.17, 15) is 0 Å². The fourth-order valence-electron chi connectivity index (χ4n) is 1.77. The average Bonchev–Trinajstić information content (AvgIpc) is 2.38. The molecule has 1 aromatic heterocycles. The average molecular weight is 251 g/mol. The Morgan fingerprint density at radius 3 is 2.94 bits per heavy atom. The fourth-order valence-corrected chi connectivity index (χ4v) is 2.07. The molecule has 0 amide bonds. The molecule has 0 bridgehead atoms. The number of hydrogen-bond acceptors (Lipinski definition) is 3. The molecule has 3 nitrogen and oxygen atoms in total. The number of methoxy groups -OCH3 is 1. The number of aromatic nitrogens is 1. The Labute approximate surface area is 106 Å². The highest BCUT2D eigenvalue weighted by Crippen LogP contribution is 2.29. The highest BCUT2D eigenvalue weighted by molar-refractivity contribution is 6.36. The zero-order valence-corrected chi connectivity index (χ0v) is 10.5. The van der Waals surface area contributed by atoms with Gasteiger partial charge in [-0.25, -0.2) is 0 Å². The maximum atomic E-state index is 6.37. The molecule has 90 valence electrons. The number of fused-ring (bicyclic) bond motifs is 1. The van der Waals surface area contributed by atoms with E-state index in [1.807, 2.05) is 24.4 Å². The van der Waals surface area contributed by atoms with Gasteiger partial charge in [-0.05, 0) is 43.1 Å². The van der Waals surface area contributed by atoms with E-state index in [-0.39, 0.29) is 0 Å². The molecule has 0 fully saturated rings. The van der Waals surface area contributed by atoms with Crippen molar-refractivity contribution >= 4 is 22.5 Å². The van der Waals surface area contributed by atoms with E-state index in [1.54, 1.807) is 7.11 Å². The summed E-state index contributed by atoms with van der Waals surface area (Å²) in [5.74, 6) is 0.789. The van der Waals surface area contributed by atoms with Crippen LogP contribution in [0.1, 0.15) is 12.0 Å². The van der Waals surface area contributed by atoms with Gasteiger partial charge in [0.25, 0.3) is 0 Å². The van der Waals surface area contributed by atoms with Gasteiger partial charge in [-0.3, -0.25) is 4.98 Å². The molecule has 0 atom stereocenters. The minimum absolute atomic E-state index is 0.659. The SMILES string of the molecule is COc1ccc2ncc(CCCN)c(Cl)c2c1. The van der Waals surface area contributed by atoms with E-state index in [0.717, 1.165) is 40.1 Å². The first-order valence-electron chi connectivity index (χ1n) is 5.57. The Morgan fingerprint density at radius 2 is 2.24 bits per heavy atom. The number of aryl methyl sites for hydroxylation is 1. The number of hydrogen-bond donors (Lipinski definition) is 1. The minimum Gasteiger partial charge on any atom is -0.497 e. The van der Waals surface area contributed by atoms with Crippen LogP contribution in [0.25, 0.3) is 10.9 Å². The van der Waals surface area contributed by atoms with Crippen LogP contribution in [-0.4, -0.2) is 18.6 Å². The molecule has 0 aliphatic rings. The van der Waals surface area contributed by atoms with Gasteiger partial charge in [-0.2, -0.15) is 0 Å². The van der Waals surface area contributed by atoms with Gasteiger partial charge in [-0.15, -0.1) is 0 Å². The number of nitrogens with two attached hydrogens (primary N) is 1. The van der Waals surface area contributed by atoms with Gasteiger partial charge in [0.05, 0.1) is 17.6 Å². The van der Waals surface area contributed by atoms with E-state index < -0.39 is 0 Å². The van der Waals surface area contributed by atoms with Crippen LogP contribution in [0.5, 0.6) is 5.75 Å². The molecule has 4 heteroatoms. The monoisotopic (exact) mass is 250 g/mol. The molecule has 2 rings (SSSR count). The Kier molecular flexibility index (Phi) is 3.82. The van der Waals surface area contributed by atoms with Crippen molar-refractivity contribution in [1.82, 2.24) is 4.98 Å². The van der Waals surface area contributed by atoms with Gasteiger partial charge in [-0.1, -0.05) is 11.6 Å². The quantitative estimate of drug-likeness (QED) is 0.908. The summed E-state index contributed by atoms with van der Waals surface area (Å²) in [6.45, 7) is 0.659. The third-order valence-electron chi connectivity index (χ3n) is 2.73. The normalized spacial score (nSPS) is 10.8. The lowest BCUT2D eigenvalue weighted by Gasteiger charge is -2.08. The number of rotatable bonds is 4. The van der Waals surface area contributed by atoms with Crippen molar-refractivity contribution in [3.05, 3.63) is 35.0 Å². The Morgan fingerprint density at radius 1 is 1.41 bits per heavy atom. The van der Waals surface area contributed by atoms with Crippen LogP contribution in [-0.2, 0) is 6.42 Å². The molecule has 17 heavy (non-hydrogen) atoms. The first-order valence-corrected chi connectivity index (χ1v) is 5.95. The second kappa shape index (κ2) is 5.34. The molecule has 0 saturated carbocycles. The smallest absolute Gasteiger partial charge is 0.119 e. The Bertz CT molecular complexity index is 528. The summed E-state index contributed by atoms with van der Waals surface area (Å²) in [6.07, 6.45) is 3.60. The van der Waals surface area contributed by atoms with E-state index in [1.165, 1.54) is 0 Å². The lowest BCUT2D eigenvalue weighted by atomic mass is 10.1. The van der Waals surface area contributed by atoms with Crippen LogP contribution in [0.15, 0.2) is 24.4 Å². The van der Waals surface area contributed by atoms with Crippen molar-refractivity contribution in [2.75, 3.05) is 13.7 Å². The molecular formula is C13H15ClN2O. The third kappa shape index (κ3) is 2.51. The molecule has 0 unspecified atom stereocenters. The first kappa shape index (κ1) is 12.1. The highest BCUT2D eigenvalue weighted by atomic mass is 35.5. The summed E-state index contributed by atoms with van der Waals surface area (Å²) >= 11 is 6.37. The lowest BCUT2D eigenvalue weighted by Crippen LogP contribution is -2.01. The molecule has 0 saturated heterocycles. The summed E-state index contributed by atoms with van der Waals surface area (Å²) in [5, 5.41) is 1.68. The molecule has 0 spiro atoms. The van der Waals surface area contributed by atoms with Crippen molar-refractivity contribution in [3.63, 3.8) is 0 Å². The zero-order valence-electron chi connectivity index (χ0n) is 9.74. The number of benzene rings is 1. The van der Waals surface area contributed by atoms with Crippen LogP contribution < -0.4 is 10.5 Å². The van der Waals surface area contributed by atoms with Crippen molar-refractivity contribution in [2.45, 2.75) is 12.8 Å². The molecule has 1 aromatic carbocycles. The molecule has 0 aliphatic carbocycles. The van der Waals surface area contributed by atoms with E-state index in [4.69, 9.17) is 22.1 Å². The maximum Gasteiger partial charge on any atom is 0.119 e. The standard InChI is InChI=1S/C13H15ClN2O/c1-17-10-4-5-12-11(7-10)13(14)9(8-16-12)3-2-6-15/h4-5,7-8H,2-3,6,15H2,1H3. The van der Waals surface area contributed by atoms with Crippen molar-refractivity contribution in [2.24, 2.45) is 5.73 Å². The molecule has 1 heterocycles. The molecular weight excluding hydrogens is 236 g/mol. The molecule has 2 N–H and O–H groups in total. The van der Waals surface area contributed by atoms with Crippen LogP contribution in [0.4, 0.5) is 0 Å². The Balaban J connectivity index is 2.48. The number of ether oxygens (including phenoxy) is 1. The maximum absolute atomic E-state index is 6.37. The van der Waals surface area contributed by atoms with E-state index in [2.05, 4.69) is 4.98 Å². The first-order chi connectivity index (χ1) is 8.26.